The quantitative estimate of drug-likeness (QED) is 0.904. The van der Waals surface area contributed by atoms with Crippen LogP contribution >= 0.6 is 15.9 Å². The van der Waals surface area contributed by atoms with Gasteiger partial charge in [-0.15, -0.1) is 0 Å². The van der Waals surface area contributed by atoms with E-state index in [2.05, 4.69) is 15.9 Å². The zero-order valence-electron chi connectivity index (χ0n) is 7.79. The lowest BCUT2D eigenvalue weighted by molar-refractivity contribution is 0.0695. The van der Waals surface area contributed by atoms with Gasteiger partial charge in [0.15, 0.2) is 0 Å². The summed E-state index contributed by atoms with van der Waals surface area (Å²) in [6, 6.07) is 5.17. The maximum atomic E-state index is 10.8. The Bertz CT molecular complexity index is 336. The van der Waals surface area contributed by atoms with E-state index in [0.29, 0.717) is 17.7 Å². The van der Waals surface area contributed by atoms with Gasteiger partial charge in [0.1, 0.15) is 0 Å². The third-order valence-electron chi connectivity index (χ3n) is 1.73. The fourth-order valence-electron chi connectivity index (χ4n) is 1.05. The number of carboxylic acids is 1. The molecule has 0 heterocycles. The van der Waals surface area contributed by atoms with Crippen LogP contribution in [0.5, 0.6) is 0 Å². The van der Waals surface area contributed by atoms with Gasteiger partial charge in [-0.2, -0.15) is 0 Å². The first-order valence-electron chi connectivity index (χ1n) is 4.24. The van der Waals surface area contributed by atoms with Crippen LogP contribution in [0, 0.1) is 0 Å². The summed E-state index contributed by atoms with van der Waals surface area (Å²) in [5, 5.41) is 8.84. The van der Waals surface area contributed by atoms with E-state index in [1.165, 1.54) is 0 Å². The SMILES string of the molecule is CCOCc1ccc(Br)c(C(=O)O)c1. The van der Waals surface area contributed by atoms with Gasteiger partial charge < -0.3 is 9.84 Å². The van der Waals surface area contributed by atoms with Crippen molar-refractivity contribution in [2.24, 2.45) is 0 Å². The highest BCUT2D eigenvalue weighted by molar-refractivity contribution is 9.10. The van der Waals surface area contributed by atoms with Crippen molar-refractivity contribution in [3.63, 3.8) is 0 Å². The number of ether oxygens (including phenoxy) is 1. The lowest BCUT2D eigenvalue weighted by atomic mass is 10.1. The largest absolute Gasteiger partial charge is 0.478 e. The van der Waals surface area contributed by atoms with Gasteiger partial charge in [-0.05, 0) is 40.5 Å². The molecule has 0 fully saturated rings. The van der Waals surface area contributed by atoms with Crippen molar-refractivity contribution < 1.29 is 14.6 Å². The highest BCUT2D eigenvalue weighted by Gasteiger charge is 2.08. The average Bonchev–Trinajstić information content (AvgIpc) is 2.16. The van der Waals surface area contributed by atoms with Crippen LogP contribution in [0.1, 0.15) is 22.8 Å². The lowest BCUT2D eigenvalue weighted by Crippen LogP contribution is -2.00. The van der Waals surface area contributed by atoms with Crippen LogP contribution in [-0.2, 0) is 11.3 Å². The van der Waals surface area contributed by atoms with Gasteiger partial charge in [0, 0.05) is 11.1 Å². The number of hydrogen-bond donors (Lipinski definition) is 1. The monoisotopic (exact) mass is 258 g/mol. The smallest absolute Gasteiger partial charge is 0.336 e. The van der Waals surface area contributed by atoms with E-state index in [4.69, 9.17) is 9.84 Å². The molecule has 14 heavy (non-hydrogen) atoms. The van der Waals surface area contributed by atoms with Crippen LogP contribution in [-0.4, -0.2) is 17.7 Å². The Kier molecular flexibility index (Phi) is 4.10. The van der Waals surface area contributed by atoms with Crippen molar-refractivity contribution in [1.29, 1.82) is 0 Å². The zero-order chi connectivity index (χ0) is 10.6. The molecule has 76 valence electrons. The maximum absolute atomic E-state index is 10.8. The fraction of sp³-hybridized carbons (Fsp3) is 0.300. The molecule has 1 N–H and O–H groups in total. The van der Waals surface area contributed by atoms with Crippen molar-refractivity contribution in [3.8, 4) is 0 Å². The maximum Gasteiger partial charge on any atom is 0.336 e. The Morgan fingerprint density at radius 2 is 2.29 bits per heavy atom. The first kappa shape index (κ1) is 11.2. The van der Waals surface area contributed by atoms with Gasteiger partial charge in [-0.25, -0.2) is 4.79 Å². The number of carboxylic acid groups (broad SMARTS) is 1. The first-order chi connectivity index (χ1) is 6.65. The van der Waals surface area contributed by atoms with E-state index >= 15 is 0 Å². The Morgan fingerprint density at radius 1 is 1.57 bits per heavy atom. The van der Waals surface area contributed by atoms with Gasteiger partial charge in [-0.3, -0.25) is 0 Å². The molecule has 0 aliphatic rings. The molecule has 1 rings (SSSR count). The summed E-state index contributed by atoms with van der Waals surface area (Å²) in [6.07, 6.45) is 0. The van der Waals surface area contributed by atoms with E-state index < -0.39 is 5.97 Å². The Labute approximate surface area is 90.8 Å². The van der Waals surface area contributed by atoms with Crippen LogP contribution in [0.15, 0.2) is 22.7 Å². The van der Waals surface area contributed by atoms with Crippen LogP contribution in [0.4, 0.5) is 0 Å². The molecule has 0 saturated heterocycles. The molecule has 0 aliphatic heterocycles. The molecule has 1 aromatic carbocycles. The molecule has 0 unspecified atom stereocenters. The fourth-order valence-corrected chi connectivity index (χ4v) is 1.46. The molecular weight excluding hydrogens is 248 g/mol. The Hall–Kier alpha value is -0.870. The molecule has 0 spiro atoms. The molecule has 0 aromatic heterocycles. The van der Waals surface area contributed by atoms with Crippen molar-refractivity contribution in [1.82, 2.24) is 0 Å². The van der Waals surface area contributed by atoms with Crippen molar-refractivity contribution in [2.75, 3.05) is 6.61 Å². The van der Waals surface area contributed by atoms with Gasteiger partial charge >= 0.3 is 5.97 Å². The molecule has 0 saturated carbocycles. The summed E-state index contributed by atoms with van der Waals surface area (Å²) in [6.45, 7) is 2.97. The third kappa shape index (κ3) is 2.82. The van der Waals surface area contributed by atoms with Gasteiger partial charge in [0.2, 0.25) is 0 Å². The summed E-state index contributed by atoms with van der Waals surface area (Å²) in [7, 11) is 0. The molecular formula is C10H11BrO3. The minimum Gasteiger partial charge on any atom is -0.478 e. The van der Waals surface area contributed by atoms with E-state index in [0.717, 1.165) is 5.56 Å². The van der Waals surface area contributed by atoms with E-state index in [1.807, 2.05) is 13.0 Å². The summed E-state index contributed by atoms with van der Waals surface area (Å²) >= 11 is 3.18. The number of rotatable bonds is 4. The topological polar surface area (TPSA) is 46.5 Å². The lowest BCUT2D eigenvalue weighted by Gasteiger charge is -2.04. The molecule has 1 aromatic rings. The minimum atomic E-state index is -0.935. The molecule has 0 atom stereocenters. The van der Waals surface area contributed by atoms with Crippen LogP contribution in [0.2, 0.25) is 0 Å². The standard InChI is InChI=1S/C10H11BrO3/c1-2-14-6-7-3-4-9(11)8(5-7)10(12)13/h3-5H,2,6H2,1H3,(H,12,13). The normalized spacial score (nSPS) is 10.1. The number of carbonyl (C=O) groups is 1. The highest BCUT2D eigenvalue weighted by Crippen LogP contribution is 2.18. The second-order valence-corrected chi connectivity index (χ2v) is 3.61. The van der Waals surface area contributed by atoms with Gasteiger partial charge in [-0.1, -0.05) is 6.07 Å². The van der Waals surface area contributed by atoms with Gasteiger partial charge in [0.05, 0.1) is 12.2 Å². The summed E-state index contributed by atoms with van der Waals surface area (Å²) in [4.78, 5) is 10.8. The molecule has 3 nitrogen and oxygen atoms in total. The van der Waals surface area contributed by atoms with Crippen molar-refractivity contribution in [3.05, 3.63) is 33.8 Å². The zero-order valence-corrected chi connectivity index (χ0v) is 9.37. The summed E-state index contributed by atoms with van der Waals surface area (Å²) in [5.41, 5.74) is 1.13. The predicted molar refractivity (Wildman–Crippen MR) is 56.4 cm³/mol. The highest BCUT2D eigenvalue weighted by atomic mass is 79.9. The van der Waals surface area contributed by atoms with Gasteiger partial charge in [0.25, 0.3) is 0 Å². The number of halogens is 1. The number of aromatic carboxylic acids is 1. The molecule has 0 amide bonds. The van der Waals surface area contributed by atoms with E-state index in [1.54, 1.807) is 12.1 Å². The van der Waals surface area contributed by atoms with E-state index in [-0.39, 0.29) is 5.56 Å². The Morgan fingerprint density at radius 3 is 2.86 bits per heavy atom. The molecule has 0 aliphatic carbocycles. The van der Waals surface area contributed by atoms with Crippen molar-refractivity contribution >= 4 is 21.9 Å². The molecule has 0 radical (unpaired) electrons. The van der Waals surface area contributed by atoms with Crippen LogP contribution in [0.25, 0.3) is 0 Å². The predicted octanol–water partition coefficient (Wildman–Crippen LogP) is 2.68. The third-order valence-corrected chi connectivity index (χ3v) is 2.43. The average molecular weight is 259 g/mol. The minimum absolute atomic E-state index is 0.266. The molecule has 4 heteroatoms. The number of benzene rings is 1. The summed E-state index contributed by atoms with van der Waals surface area (Å²) < 4.78 is 5.77. The van der Waals surface area contributed by atoms with Crippen LogP contribution < -0.4 is 0 Å². The second-order valence-electron chi connectivity index (χ2n) is 2.76. The number of hydrogen-bond acceptors (Lipinski definition) is 2. The Balaban J connectivity index is 2.89. The van der Waals surface area contributed by atoms with Crippen LogP contribution in [0.3, 0.4) is 0 Å². The first-order valence-corrected chi connectivity index (χ1v) is 5.04. The molecule has 0 bridgehead atoms. The van der Waals surface area contributed by atoms with Crippen molar-refractivity contribution in [2.45, 2.75) is 13.5 Å². The van der Waals surface area contributed by atoms with E-state index in [9.17, 15) is 4.79 Å². The summed E-state index contributed by atoms with van der Waals surface area (Å²) in [5.74, 6) is -0.935. The second kappa shape index (κ2) is 5.12.